The Morgan fingerprint density at radius 1 is 0.722 bits per heavy atom. The first-order valence-electron chi connectivity index (χ1n) is 23.6. The molecule has 8 aromatic rings. The van der Waals surface area contributed by atoms with E-state index < -0.39 is 41.8 Å². The van der Waals surface area contributed by atoms with Crippen molar-refractivity contribution in [3.05, 3.63) is 161 Å². The summed E-state index contributed by atoms with van der Waals surface area (Å²) in [6, 6.07) is 20.6. The number of ether oxygens (including phenoxy) is 3. The quantitative estimate of drug-likeness (QED) is 0.0314. The third kappa shape index (κ3) is 7.17. The molecule has 0 aliphatic carbocycles. The number of rotatable bonds is 11. The second kappa shape index (κ2) is 17.2. The Hall–Kier alpha value is -7.82. The van der Waals surface area contributed by atoms with Crippen LogP contribution in [0.2, 0.25) is 0 Å². The van der Waals surface area contributed by atoms with Gasteiger partial charge in [0, 0.05) is 51.7 Å². The molecule has 0 bridgehead atoms. The van der Waals surface area contributed by atoms with E-state index in [1.54, 1.807) is 76.2 Å². The van der Waals surface area contributed by atoms with E-state index in [1.165, 1.54) is 30.5 Å². The highest BCUT2D eigenvalue weighted by molar-refractivity contribution is 6.59. The van der Waals surface area contributed by atoms with Gasteiger partial charge in [-0.25, -0.2) is 9.59 Å². The van der Waals surface area contributed by atoms with Crippen LogP contribution in [-0.4, -0.2) is 58.0 Å². The molecule has 3 aromatic heterocycles. The van der Waals surface area contributed by atoms with Crippen LogP contribution in [-0.2, 0) is 27.0 Å². The molecule has 5 heterocycles. The Morgan fingerprint density at radius 2 is 1.32 bits per heavy atom. The van der Waals surface area contributed by atoms with Crippen LogP contribution >= 0.6 is 0 Å². The molecule has 2 aliphatic heterocycles. The molecule has 11 nitrogen and oxygen atoms in total. The zero-order chi connectivity index (χ0) is 51.5. The van der Waals surface area contributed by atoms with Gasteiger partial charge >= 0.3 is 25.1 Å². The summed E-state index contributed by atoms with van der Waals surface area (Å²) >= 11 is 0. The fraction of sp³-hybridized carbons (Fsp3) is 0.255. The number of benzene rings is 5. The number of pyridine rings is 1. The highest BCUT2D eigenvalue weighted by Crippen LogP contribution is 2.49. The van der Waals surface area contributed by atoms with Crippen molar-refractivity contribution in [3.8, 4) is 16.9 Å². The van der Waals surface area contributed by atoms with E-state index in [4.69, 9.17) is 18.6 Å². The molecule has 0 spiro atoms. The van der Waals surface area contributed by atoms with Gasteiger partial charge < -0.3 is 36.2 Å². The SMILES string of the molecule is CCOC(=O)C1=C(C)C2=C(c3c(C)cc(OCCCn4c(=O)c5ccc6oc7ccc(-c8ccc(C(F)(F)F)cc8)cc7c7ccc(c4=O)c5c67)cc3C)c3c(C)c(C(=O)OCC)c(C)n3[B-](F)(F)[N+]2=C1C. The summed E-state index contributed by atoms with van der Waals surface area (Å²) in [4.78, 5) is 55.1. The van der Waals surface area contributed by atoms with Crippen LogP contribution in [0.15, 0.2) is 110 Å². The van der Waals surface area contributed by atoms with Crippen LogP contribution < -0.4 is 15.9 Å². The molecule has 0 N–H and O–H groups in total. The lowest BCUT2D eigenvalue weighted by Crippen LogP contribution is -2.52. The Balaban J connectivity index is 0.971. The number of aryl methyl sites for hydroxylation is 2. The van der Waals surface area contributed by atoms with E-state index >= 15 is 8.63 Å². The standard InChI is InChI=1S/C55H47BF5N3O8/c1-9-69-53(67)44-29(5)49-48(50-30(6)45(54(68)70-10-2)32(8)64(50)56(60,61)63(49)31(44)7)43-27(3)24-36(25-28(43)4)71-23-11-22-62-51(65)38-18-17-37-40-26-34(33-12-15-35(16-13-33)55(57,58)59)14-20-41(40)72-42-21-19-39(52(62)66)46(38)47(37)42/h12-21,24-26H,9-11,22-23H2,1-8H3. The Kier molecular flexibility index (Phi) is 11.4. The summed E-state index contributed by atoms with van der Waals surface area (Å²) in [6.07, 6.45) is -4.21. The molecule has 10 rings (SSSR count). The third-order valence-electron chi connectivity index (χ3n) is 14.1. The number of hydrogen-bond donors (Lipinski definition) is 0. The third-order valence-corrected chi connectivity index (χ3v) is 14.1. The number of alkyl halides is 3. The lowest BCUT2D eigenvalue weighted by molar-refractivity contribution is -0.363. The molecule has 0 saturated carbocycles. The first kappa shape index (κ1) is 47.8. The fourth-order valence-electron chi connectivity index (χ4n) is 11.1. The molecule has 0 amide bonds. The molecule has 0 fully saturated rings. The van der Waals surface area contributed by atoms with Gasteiger partial charge in [0.25, 0.3) is 11.1 Å². The molecule has 0 unspecified atom stereocenters. The van der Waals surface area contributed by atoms with Crippen LogP contribution in [0.4, 0.5) is 21.8 Å². The summed E-state index contributed by atoms with van der Waals surface area (Å²) in [5.74, 6) is -0.994. The number of carbonyl (C=O) groups is 2. The van der Waals surface area contributed by atoms with E-state index in [2.05, 4.69) is 0 Å². The maximum atomic E-state index is 17.2. The number of carbonyl (C=O) groups excluding carboxylic acids is 2. The molecule has 0 saturated heterocycles. The molecular weight excluding hydrogens is 936 g/mol. The number of nitrogens with zero attached hydrogens (tertiary/aromatic N) is 3. The van der Waals surface area contributed by atoms with Crippen molar-refractivity contribution < 1.29 is 54.5 Å². The number of hydrogen-bond acceptors (Lipinski definition) is 8. The number of halogens is 5. The highest BCUT2D eigenvalue weighted by atomic mass is 19.4. The van der Waals surface area contributed by atoms with Gasteiger partial charge in [0.1, 0.15) is 28.2 Å². The maximum Gasteiger partial charge on any atom is 0.737 e. The highest BCUT2D eigenvalue weighted by Gasteiger charge is 2.58. The minimum Gasteiger partial charge on any atom is -0.494 e. The minimum atomic E-state index is -4.64. The summed E-state index contributed by atoms with van der Waals surface area (Å²) in [6.45, 7) is 8.68. The predicted octanol–water partition coefficient (Wildman–Crippen LogP) is 11.6. The smallest absolute Gasteiger partial charge is 0.494 e. The molecule has 72 heavy (non-hydrogen) atoms. The number of fused-ring (bicyclic) bond motifs is 4. The number of esters is 2. The summed E-state index contributed by atoms with van der Waals surface area (Å²) in [5.41, 5.74) is 3.78. The van der Waals surface area contributed by atoms with Crippen LogP contribution in [0.5, 0.6) is 5.75 Å². The van der Waals surface area contributed by atoms with Gasteiger partial charge in [-0.3, -0.25) is 14.2 Å². The van der Waals surface area contributed by atoms with Gasteiger partial charge in [-0.1, -0.05) is 24.3 Å². The lowest BCUT2D eigenvalue weighted by Gasteiger charge is -2.34. The van der Waals surface area contributed by atoms with Gasteiger partial charge in [-0.05, 0) is 154 Å². The van der Waals surface area contributed by atoms with Crippen molar-refractivity contribution in [2.24, 2.45) is 0 Å². The largest absolute Gasteiger partial charge is 0.737 e. The summed E-state index contributed by atoms with van der Waals surface area (Å²) in [7, 11) is 0. The van der Waals surface area contributed by atoms with E-state index in [0.717, 1.165) is 21.1 Å². The molecule has 5 aromatic carbocycles. The van der Waals surface area contributed by atoms with Gasteiger partial charge in [0.15, 0.2) is 5.70 Å². The van der Waals surface area contributed by atoms with Crippen molar-refractivity contribution in [2.75, 3.05) is 19.8 Å². The first-order chi connectivity index (χ1) is 34.2. The Labute approximate surface area is 408 Å². The van der Waals surface area contributed by atoms with Crippen molar-refractivity contribution >= 4 is 73.7 Å². The van der Waals surface area contributed by atoms with Crippen LogP contribution in [0.3, 0.4) is 0 Å². The van der Waals surface area contributed by atoms with E-state index in [-0.39, 0.29) is 66.7 Å². The normalized spacial score (nSPS) is 14.6. The second-order valence-electron chi connectivity index (χ2n) is 18.3. The van der Waals surface area contributed by atoms with Crippen molar-refractivity contribution in [3.63, 3.8) is 0 Å². The van der Waals surface area contributed by atoms with E-state index in [1.807, 2.05) is 19.9 Å². The van der Waals surface area contributed by atoms with Crippen LogP contribution in [0, 0.1) is 27.7 Å². The minimum absolute atomic E-state index is 0.0258. The lowest BCUT2D eigenvalue weighted by atomic mass is 9.81. The average molecular weight is 984 g/mol. The van der Waals surface area contributed by atoms with Crippen molar-refractivity contribution in [1.29, 1.82) is 0 Å². The monoisotopic (exact) mass is 983 g/mol. The first-order valence-corrected chi connectivity index (χ1v) is 23.6. The second-order valence-corrected chi connectivity index (χ2v) is 18.3. The molecular formula is C55H47BF5N3O8. The molecule has 2 aliphatic rings. The topological polar surface area (TPSA) is 122 Å². The van der Waals surface area contributed by atoms with E-state index in [9.17, 15) is 32.3 Å². The average Bonchev–Trinajstić information content (AvgIpc) is 3.76. The number of allylic oxidation sites excluding steroid dienone is 1. The molecule has 368 valence electrons. The summed E-state index contributed by atoms with van der Waals surface area (Å²) in [5, 5.41) is 3.03. The van der Waals surface area contributed by atoms with Crippen molar-refractivity contribution in [1.82, 2.24) is 9.05 Å². The molecule has 0 atom stereocenters. The van der Waals surface area contributed by atoms with E-state index in [0.29, 0.717) is 93.8 Å². The summed E-state index contributed by atoms with van der Waals surface area (Å²) < 4.78 is 101. The van der Waals surface area contributed by atoms with Gasteiger partial charge in [-0.15, -0.1) is 0 Å². The Bertz CT molecular complexity index is 3840. The van der Waals surface area contributed by atoms with Crippen molar-refractivity contribution in [2.45, 2.75) is 74.5 Å². The zero-order valence-corrected chi connectivity index (χ0v) is 40.6. The van der Waals surface area contributed by atoms with Gasteiger partial charge in [0.2, 0.25) is 0 Å². The fourth-order valence-corrected chi connectivity index (χ4v) is 11.1. The van der Waals surface area contributed by atoms with Gasteiger partial charge in [0.05, 0.1) is 36.5 Å². The maximum absolute atomic E-state index is 17.2. The predicted molar refractivity (Wildman–Crippen MR) is 266 cm³/mol. The number of aromatic nitrogens is 2. The Morgan fingerprint density at radius 3 is 1.96 bits per heavy atom. The van der Waals surface area contributed by atoms with Gasteiger partial charge in [-0.2, -0.15) is 13.2 Å². The zero-order valence-electron chi connectivity index (χ0n) is 40.6. The molecule has 17 heteroatoms. The molecule has 0 radical (unpaired) electrons. The van der Waals surface area contributed by atoms with Crippen LogP contribution in [0.1, 0.15) is 83.7 Å². The van der Waals surface area contributed by atoms with Crippen LogP contribution in [0.25, 0.3) is 60.2 Å².